The average Bonchev–Trinajstić information content (AvgIpc) is 2.79. The zero-order valence-corrected chi connectivity index (χ0v) is 20.3. The fraction of sp³-hybridized carbons (Fsp3) is 0.500. The van der Waals surface area contributed by atoms with Gasteiger partial charge in [0.1, 0.15) is 6.61 Å². The van der Waals surface area contributed by atoms with Gasteiger partial charge in [0.05, 0.1) is 13.1 Å². The summed E-state index contributed by atoms with van der Waals surface area (Å²) in [5.41, 5.74) is 5.55. The van der Waals surface area contributed by atoms with Gasteiger partial charge in [-0.05, 0) is 63.1 Å². The van der Waals surface area contributed by atoms with Crippen molar-refractivity contribution in [1.29, 1.82) is 0 Å². The van der Waals surface area contributed by atoms with Crippen LogP contribution >= 0.6 is 0 Å². The monoisotopic (exact) mass is 449 g/mol. The number of hydrogen-bond acceptors (Lipinski definition) is 3. The van der Waals surface area contributed by atoms with Gasteiger partial charge >= 0.3 is 5.97 Å². The molecule has 0 radical (unpaired) electrons. The van der Waals surface area contributed by atoms with Crippen LogP contribution in [0.5, 0.6) is 0 Å². The lowest BCUT2D eigenvalue weighted by Crippen LogP contribution is -2.66. The number of anilines is 1. The smallest absolute Gasteiger partial charge is 0.362 e. The van der Waals surface area contributed by atoms with Crippen molar-refractivity contribution >= 4 is 17.6 Å². The van der Waals surface area contributed by atoms with Gasteiger partial charge < -0.3 is 14.1 Å². The van der Waals surface area contributed by atoms with Crippen LogP contribution < -0.4 is 4.90 Å². The average molecular weight is 450 g/mol. The number of carbonyl (C=O) groups is 2. The highest BCUT2D eigenvalue weighted by Gasteiger charge is 2.48. The predicted octanol–water partition coefficient (Wildman–Crippen LogP) is 4.85. The van der Waals surface area contributed by atoms with Crippen molar-refractivity contribution in [1.82, 2.24) is 0 Å². The van der Waals surface area contributed by atoms with Crippen molar-refractivity contribution in [2.24, 2.45) is 0 Å². The molecule has 33 heavy (non-hydrogen) atoms. The van der Waals surface area contributed by atoms with E-state index in [1.165, 1.54) is 12.0 Å². The molecule has 5 heteroatoms. The lowest BCUT2D eigenvalue weighted by Gasteiger charge is -2.48. The topological polar surface area (TPSA) is 46.6 Å². The maximum absolute atomic E-state index is 13.9. The highest BCUT2D eigenvalue weighted by molar-refractivity contribution is 5.98. The van der Waals surface area contributed by atoms with Crippen molar-refractivity contribution in [3.8, 4) is 0 Å². The van der Waals surface area contributed by atoms with E-state index in [1.807, 2.05) is 35.2 Å². The second-order valence-corrected chi connectivity index (χ2v) is 9.93. The minimum absolute atomic E-state index is 0.175. The van der Waals surface area contributed by atoms with Crippen LogP contribution in [0.3, 0.4) is 0 Å². The van der Waals surface area contributed by atoms with E-state index < -0.39 is 0 Å². The molecule has 0 bridgehead atoms. The Hall–Kier alpha value is -2.66. The third-order valence-electron chi connectivity index (χ3n) is 7.37. The number of piperidine rings is 2. The maximum Gasteiger partial charge on any atom is 0.362 e. The molecule has 2 fully saturated rings. The summed E-state index contributed by atoms with van der Waals surface area (Å²) < 4.78 is 6.21. The number of esters is 1. The summed E-state index contributed by atoms with van der Waals surface area (Å²) in [5.74, 6) is -0.0255. The Morgan fingerprint density at radius 3 is 2.33 bits per heavy atom. The molecular formula is C28H37N2O3+. The first-order chi connectivity index (χ1) is 15.9. The molecule has 2 aromatic rings. The third kappa shape index (κ3) is 5.14. The fourth-order valence-corrected chi connectivity index (χ4v) is 5.95. The quantitative estimate of drug-likeness (QED) is 0.468. The van der Waals surface area contributed by atoms with Gasteiger partial charge in [-0.1, -0.05) is 48.0 Å². The van der Waals surface area contributed by atoms with E-state index in [0.29, 0.717) is 4.48 Å². The molecule has 0 saturated carbocycles. The van der Waals surface area contributed by atoms with Gasteiger partial charge in [0.25, 0.3) is 5.91 Å². The Labute approximate surface area is 197 Å². The molecule has 0 aromatic heterocycles. The van der Waals surface area contributed by atoms with Gasteiger partial charge in [0.15, 0.2) is 12.6 Å². The molecule has 1 atom stereocenters. The number of carbonyl (C=O) groups excluding carboxylic acids is 2. The zero-order valence-electron chi connectivity index (χ0n) is 20.3. The first kappa shape index (κ1) is 23.5. The summed E-state index contributed by atoms with van der Waals surface area (Å²) in [7, 11) is 0. The predicted molar refractivity (Wildman–Crippen MR) is 131 cm³/mol. The third-order valence-corrected chi connectivity index (χ3v) is 7.37. The normalized spacial score (nSPS) is 20.5. The van der Waals surface area contributed by atoms with Gasteiger partial charge in [-0.15, -0.1) is 0 Å². The van der Waals surface area contributed by atoms with Crippen molar-refractivity contribution in [2.45, 2.75) is 65.5 Å². The largest absolute Gasteiger partial charge is 0.457 e. The Morgan fingerprint density at radius 1 is 1.00 bits per heavy atom. The van der Waals surface area contributed by atoms with Crippen LogP contribution in [0.1, 0.15) is 54.4 Å². The minimum Gasteiger partial charge on any atom is -0.457 e. The SMILES string of the molecule is Cc1cc(C)c(N2CCCC([N+]3(CC(=O)OCc4ccccc4)CCCCC3)C2=O)c(C)c1. The number of hydrogen-bond donors (Lipinski definition) is 0. The summed E-state index contributed by atoms with van der Waals surface area (Å²) in [6.45, 7) is 9.34. The Kier molecular flexibility index (Phi) is 7.18. The number of amides is 1. The first-order valence-corrected chi connectivity index (χ1v) is 12.3. The lowest BCUT2D eigenvalue weighted by molar-refractivity contribution is -0.940. The Balaban J connectivity index is 1.55. The number of quaternary nitrogens is 1. The molecule has 0 N–H and O–H groups in total. The number of benzene rings is 2. The Morgan fingerprint density at radius 2 is 1.67 bits per heavy atom. The number of aryl methyl sites for hydroxylation is 3. The van der Waals surface area contributed by atoms with Crippen molar-refractivity contribution in [3.63, 3.8) is 0 Å². The van der Waals surface area contributed by atoms with Crippen LogP contribution in [0.15, 0.2) is 42.5 Å². The molecular weight excluding hydrogens is 412 g/mol. The molecule has 2 aliphatic rings. The number of rotatable bonds is 6. The molecule has 5 nitrogen and oxygen atoms in total. The van der Waals surface area contributed by atoms with Crippen LogP contribution in [0.2, 0.25) is 0 Å². The van der Waals surface area contributed by atoms with Gasteiger partial charge in [-0.2, -0.15) is 0 Å². The van der Waals surface area contributed by atoms with E-state index in [0.717, 1.165) is 67.7 Å². The molecule has 4 rings (SSSR count). The molecule has 0 spiro atoms. The highest BCUT2D eigenvalue weighted by Crippen LogP contribution is 2.34. The summed E-state index contributed by atoms with van der Waals surface area (Å²) in [4.78, 5) is 28.9. The van der Waals surface area contributed by atoms with Crippen LogP contribution in [0, 0.1) is 20.8 Å². The fourth-order valence-electron chi connectivity index (χ4n) is 5.95. The number of ether oxygens (including phenoxy) is 1. The molecule has 2 saturated heterocycles. The molecule has 0 aliphatic carbocycles. The van der Waals surface area contributed by atoms with Crippen LogP contribution in [0.25, 0.3) is 0 Å². The van der Waals surface area contributed by atoms with E-state index in [9.17, 15) is 9.59 Å². The zero-order chi connectivity index (χ0) is 23.4. The van der Waals surface area contributed by atoms with E-state index in [1.54, 1.807) is 0 Å². The molecule has 2 aliphatic heterocycles. The van der Waals surface area contributed by atoms with E-state index >= 15 is 0 Å². The molecule has 1 unspecified atom stereocenters. The van der Waals surface area contributed by atoms with Gasteiger partial charge in [-0.3, -0.25) is 4.79 Å². The maximum atomic E-state index is 13.9. The number of nitrogens with zero attached hydrogens (tertiary/aromatic N) is 2. The molecule has 2 heterocycles. The first-order valence-electron chi connectivity index (χ1n) is 12.3. The lowest BCUT2D eigenvalue weighted by atomic mass is 9.94. The van der Waals surface area contributed by atoms with Gasteiger partial charge in [0.2, 0.25) is 0 Å². The standard InChI is InChI=1S/C28H37N2O3/c1-21-17-22(2)27(23(3)18-21)29-14-10-13-25(28(29)32)30(15-8-5-9-16-30)19-26(31)33-20-24-11-6-4-7-12-24/h4,6-7,11-12,17-18,25H,5,8-10,13-16,19-20H2,1-3H3/q+1. The summed E-state index contributed by atoms with van der Waals surface area (Å²) in [6, 6.07) is 13.9. The van der Waals surface area contributed by atoms with Gasteiger partial charge in [0, 0.05) is 18.7 Å². The molecule has 1 amide bonds. The van der Waals surface area contributed by atoms with Crippen LogP contribution in [-0.2, 0) is 20.9 Å². The Bertz CT molecular complexity index is 972. The second kappa shape index (κ2) is 10.1. The minimum atomic E-state index is -0.201. The summed E-state index contributed by atoms with van der Waals surface area (Å²) in [5, 5.41) is 0. The van der Waals surface area contributed by atoms with Crippen LogP contribution in [-0.4, -0.2) is 48.6 Å². The molecule has 2 aromatic carbocycles. The second-order valence-electron chi connectivity index (χ2n) is 9.93. The van der Waals surface area contributed by atoms with E-state index in [4.69, 9.17) is 4.74 Å². The molecule has 176 valence electrons. The van der Waals surface area contributed by atoms with Crippen molar-refractivity contribution in [2.75, 3.05) is 31.1 Å². The number of likely N-dealkylation sites (tertiary alicyclic amines) is 1. The van der Waals surface area contributed by atoms with E-state index in [2.05, 4.69) is 32.9 Å². The highest BCUT2D eigenvalue weighted by atomic mass is 16.5. The van der Waals surface area contributed by atoms with Crippen LogP contribution in [0.4, 0.5) is 5.69 Å². The summed E-state index contributed by atoms with van der Waals surface area (Å²) >= 11 is 0. The van der Waals surface area contributed by atoms with Crippen molar-refractivity contribution in [3.05, 3.63) is 64.7 Å². The summed E-state index contributed by atoms with van der Waals surface area (Å²) in [6.07, 6.45) is 5.07. The van der Waals surface area contributed by atoms with Gasteiger partial charge in [-0.25, -0.2) is 4.79 Å². The van der Waals surface area contributed by atoms with Crippen molar-refractivity contribution < 1.29 is 18.8 Å². The van der Waals surface area contributed by atoms with E-state index in [-0.39, 0.29) is 31.1 Å².